The van der Waals surface area contributed by atoms with E-state index in [4.69, 9.17) is 11.6 Å². The lowest BCUT2D eigenvalue weighted by molar-refractivity contribution is 0.837. The Labute approximate surface area is 82.7 Å². The van der Waals surface area contributed by atoms with Gasteiger partial charge >= 0.3 is 0 Å². The van der Waals surface area contributed by atoms with Crippen LogP contribution < -0.4 is 10.2 Å². The van der Waals surface area contributed by atoms with Crippen LogP contribution in [-0.2, 0) is 0 Å². The number of pyridine rings is 1. The Morgan fingerprint density at radius 3 is 3.23 bits per heavy atom. The van der Waals surface area contributed by atoms with E-state index in [-0.39, 0.29) is 0 Å². The molecule has 0 bridgehead atoms. The summed E-state index contributed by atoms with van der Waals surface area (Å²) in [6, 6.07) is 0. The summed E-state index contributed by atoms with van der Waals surface area (Å²) in [5.41, 5.74) is 2.10. The molecule has 0 radical (unpaired) electrons. The minimum absolute atomic E-state index is 0.717. The molecule has 13 heavy (non-hydrogen) atoms. The van der Waals surface area contributed by atoms with Crippen LogP contribution in [-0.4, -0.2) is 25.1 Å². The minimum atomic E-state index is 0.717. The minimum Gasteiger partial charge on any atom is -0.382 e. The second-order valence-corrected chi connectivity index (χ2v) is 3.63. The standard InChI is InChI=1S/C9H12ClN3/c1-13-4-2-3-12-8-6-11-5-7(10)9(8)13/h5-6,12H,2-4H2,1H3. The van der Waals surface area contributed by atoms with Crippen molar-refractivity contribution in [3.63, 3.8) is 0 Å². The van der Waals surface area contributed by atoms with Crippen molar-refractivity contribution in [2.45, 2.75) is 6.42 Å². The molecule has 3 nitrogen and oxygen atoms in total. The highest BCUT2D eigenvalue weighted by Gasteiger charge is 2.14. The lowest BCUT2D eigenvalue weighted by Gasteiger charge is -2.19. The van der Waals surface area contributed by atoms with Gasteiger partial charge in [0.05, 0.1) is 22.6 Å². The van der Waals surface area contributed by atoms with E-state index in [1.807, 2.05) is 6.20 Å². The average molecular weight is 198 g/mol. The number of nitrogens with one attached hydrogen (secondary N) is 1. The van der Waals surface area contributed by atoms with Crippen LogP contribution in [0.25, 0.3) is 0 Å². The van der Waals surface area contributed by atoms with Gasteiger partial charge in [-0.2, -0.15) is 0 Å². The molecule has 0 aliphatic carbocycles. The zero-order valence-electron chi connectivity index (χ0n) is 7.55. The second-order valence-electron chi connectivity index (χ2n) is 3.22. The molecule has 2 heterocycles. The number of fused-ring (bicyclic) bond motifs is 1. The van der Waals surface area contributed by atoms with Crippen LogP contribution >= 0.6 is 11.6 Å². The number of nitrogens with zero attached hydrogens (tertiary/aromatic N) is 2. The zero-order chi connectivity index (χ0) is 9.26. The van der Waals surface area contributed by atoms with Gasteiger partial charge in [-0.1, -0.05) is 11.6 Å². The molecule has 0 unspecified atom stereocenters. The molecule has 1 N–H and O–H groups in total. The van der Waals surface area contributed by atoms with Crippen molar-refractivity contribution in [3.05, 3.63) is 17.4 Å². The summed E-state index contributed by atoms with van der Waals surface area (Å²) in [7, 11) is 2.05. The van der Waals surface area contributed by atoms with Crippen LogP contribution in [0.2, 0.25) is 5.02 Å². The highest BCUT2D eigenvalue weighted by Crippen LogP contribution is 2.33. The van der Waals surface area contributed by atoms with Crippen molar-refractivity contribution >= 4 is 23.0 Å². The summed E-state index contributed by atoms with van der Waals surface area (Å²) < 4.78 is 0. The van der Waals surface area contributed by atoms with Gasteiger partial charge in [0.2, 0.25) is 0 Å². The first-order valence-corrected chi connectivity index (χ1v) is 4.75. The number of halogens is 1. The molecular formula is C9H12ClN3. The molecule has 1 aliphatic heterocycles. The third kappa shape index (κ3) is 1.56. The molecule has 0 saturated carbocycles. The normalized spacial score (nSPS) is 16.0. The van der Waals surface area contributed by atoms with E-state index in [0.29, 0.717) is 0 Å². The highest BCUT2D eigenvalue weighted by atomic mass is 35.5. The van der Waals surface area contributed by atoms with Gasteiger partial charge in [0, 0.05) is 26.3 Å². The third-order valence-electron chi connectivity index (χ3n) is 2.24. The van der Waals surface area contributed by atoms with Crippen LogP contribution in [0.1, 0.15) is 6.42 Å². The quantitative estimate of drug-likeness (QED) is 0.690. The Bertz CT molecular complexity index is 314. The molecule has 1 aliphatic rings. The van der Waals surface area contributed by atoms with Gasteiger partial charge < -0.3 is 10.2 Å². The molecule has 2 rings (SSSR count). The van der Waals surface area contributed by atoms with Crippen molar-refractivity contribution in [2.24, 2.45) is 0 Å². The van der Waals surface area contributed by atoms with E-state index in [1.165, 1.54) is 0 Å². The van der Waals surface area contributed by atoms with E-state index in [0.717, 1.165) is 35.9 Å². The van der Waals surface area contributed by atoms with Crippen molar-refractivity contribution < 1.29 is 0 Å². The summed E-state index contributed by atoms with van der Waals surface area (Å²) in [5, 5.41) is 4.02. The second kappa shape index (κ2) is 3.42. The van der Waals surface area contributed by atoms with Gasteiger partial charge in [0.15, 0.2) is 0 Å². The molecule has 0 saturated heterocycles. The summed E-state index contributed by atoms with van der Waals surface area (Å²) in [5.74, 6) is 0. The van der Waals surface area contributed by atoms with Crippen molar-refractivity contribution in [1.29, 1.82) is 0 Å². The molecule has 4 heteroatoms. The molecular weight excluding hydrogens is 186 g/mol. The summed E-state index contributed by atoms with van der Waals surface area (Å²) in [4.78, 5) is 6.22. The Hall–Kier alpha value is -0.960. The van der Waals surface area contributed by atoms with Crippen LogP contribution in [0.15, 0.2) is 12.4 Å². The Balaban J connectivity index is 2.48. The van der Waals surface area contributed by atoms with E-state index >= 15 is 0 Å². The van der Waals surface area contributed by atoms with Crippen LogP contribution in [0.3, 0.4) is 0 Å². The lowest BCUT2D eigenvalue weighted by Crippen LogP contribution is -2.17. The van der Waals surface area contributed by atoms with E-state index < -0.39 is 0 Å². The Morgan fingerprint density at radius 2 is 2.38 bits per heavy atom. The molecule has 1 aromatic heterocycles. The Morgan fingerprint density at radius 1 is 1.54 bits per heavy atom. The summed E-state index contributed by atoms with van der Waals surface area (Å²) in [6.07, 6.45) is 4.63. The predicted octanol–water partition coefficient (Wildman–Crippen LogP) is 1.99. The predicted molar refractivity (Wildman–Crippen MR) is 55.6 cm³/mol. The van der Waals surface area contributed by atoms with Gasteiger partial charge in [-0.15, -0.1) is 0 Å². The summed E-state index contributed by atoms with van der Waals surface area (Å²) in [6.45, 7) is 2.02. The van der Waals surface area contributed by atoms with Gasteiger partial charge in [-0.25, -0.2) is 0 Å². The van der Waals surface area contributed by atoms with Crippen LogP contribution in [0, 0.1) is 0 Å². The number of rotatable bonds is 0. The van der Waals surface area contributed by atoms with E-state index in [2.05, 4.69) is 22.2 Å². The van der Waals surface area contributed by atoms with Gasteiger partial charge in [-0.3, -0.25) is 4.98 Å². The monoisotopic (exact) mass is 197 g/mol. The SMILES string of the molecule is CN1CCCNc2cncc(Cl)c21. The van der Waals surface area contributed by atoms with Gasteiger partial charge in [0.1, 0.15) is 0 Å². The average Bonchev–Trinajstić information content (AvgIpc) is 2.29. The Kier molecular flexibility index (Phi) is 2.27. The maximum absolute atomic E-state index is 6.07. The lowest BCUT2D eigenvalue weighted by atomic mass is 10.3. The topological polar surface area (TPSA) is 28.2 Å². The fourth-order valence-electron chi connectivity index (χ4n) is 1.60. The molecule has 70 valence electrons. The maximum atomic E-state index is 6.07. The largest absolute Gasteiger partial charge is 0.382 e. The third-order valence-corrected chi connectivity index (χ3v) is 2.52. The smallest absolute Gasteiger partial charge is 0.0843 e. The molecule has 0 fully saturated rings. The van der Waals surface area contributed by atoms with Crippen molar-refractivity contribution in [3.8, 4) is 0 Å². The molecule has 0 spiro atoms. The number of aromatic nitrogens is 1. The zero-order valence-corrected chi connectivity index (χ0v) is 8.30. The van der Waals surface area contributed by atoms with E-state index in [9.17, 15) is 0 Å². The molecule has 1 aromatic rings. The number of hydrogen-bond donors (Lipinski definition) is 1. The fourth-order valence-corrected chi connectivity index (χ4v) is 1.90. The molecule has 0 amide bonds. The number of anilines is 2. The first-order chi connectivity index (χ1) is 6.29. The van der Waals surface area contributed by atoms with Crippen molar-refractivity contribution in [2.75, 3.05) is 30.4 Å². The van der Waals surface area contributed by atoms with Gasteiger partial charge in [0.25, 0.3) is 0 Å². The fraction of sp³-hybridized carbons (Fsp3) is 0.444. The first-order valence-electron chi connectivity index (χ1n) is 4.37. The van der Waals surface area contributed by atoms with Gasteiger partial charge in [-0.05, 0) is 6.42 Å². The van der Waals surface area contributed by atoms with Crippen LogP contribution in [0.5, 0.6) is 0 Å². The molecule has 0 aromatic carbocycles. The first kappa shape index (κ1) is 8.63. The number of hydrogen-bond acceptors (Lipinski definition) is 3. The molecule has 0 atom stereocenters. The van der Waals surface area contributed by atoms with E-state index in [1.54, 1.807) is 6.20 Å². The van der Waals surface area contributed by atoms with Crippen molar-refractivity contribution in [1.82, 2.24) is 4.98 Å². The van der Waals surface area contributed by atoms with Crippen LogP contribution in [0.4, 0.5) is 11.4 Å². The maximum Gasteiger partial charge on any atom is 0.0843 e. The summed E-state index contributed by atoms with van der Waals surface area (Å²) >= 11 is 6.07. The highest BCUT2D eigenvalue weighted by molar-refractivity contribution is 6.33.